The van der Waals surface area contributed by atoms with Gasteiger partial charge in [-0.2, -0.15) is 5.10 Å². The van der Waals surface area contributed by atoms with Crippen LogP contribution in [0.4, 0.5) is 4.39 Å². The van der Waals surface area contributed by atoms with E-state index in [1.807, 2.05) is 0 Å². The number of hydrogen-bond acceptors (Lipinski definition) is 2. The van der Waals surface area contributed by atoms with Crippen LogP contribution in [0.3, 0.4) is 0 Å². The van der Waals surface area contributed by atoms with Gasteiger partial charge in [-0.05, 0) is 12.1 Å². The van der Waals surface area contributed by atoms with Crippen LogP contribution in [0.2, 0.25) is 5.02 Å². The SMILES string of the molecule is O=C(c1ccccc1Cl)c1[nH]ncc1F. The van der Waals surface area contributed by atoms with Gasteiger partial charge < -0.3 is 0 Å². The van der Waals surface area contributed by atoms with Gasteiger partial charge in [0.1, 0.15) is 5.69 Å². The number of benzene rings is 1. The second kappa shape index (κ2) is 3.82. The summed E-state index contributed by atoms with van der Waals surface area (Å²) in [5, 5.41) is 6.02. The van der Waals surface area contributed by atoms with Crippen LogP contribution in [0.25, 0.3) is 0 Å². The molecule has 0 unspecified atom stereocenters. The van der Waals surface area contributed by atoms with Crippen molar-refractivity contribution in [2.24, 2.45) is 0 Å². The van der Waals surface area contributed by atoms with Crippen LogP contribution in [0.5, 0.6) is 0 Å². The van der Waals surface area contributed by atoms with E-state index in [1.54, 1.807) is 18.2 Å². The minimum absolute atomic E-state index is 0.178. The number of halogens is 2. The fourth-order valence-electron chi connectivity index (χ4n) is 1.21. The molecule has 0 saturated heterocycles. The van der Waals surface area contributed by atoms with E-state index in [-0.39, 0.29) is 16.3 Å². The molecule has 1 aromatic heterocycles. The molecule has 0 atom stereocenters. The Morgan fingerprint density at radius 3 is 2.73 bits per heavy atom. The van der Waals surface area contributed by atoms with Gasteiger partial charge in [0.05, 0.1) is 11.2 Å². The van der Waals surface area contributed by atoms with E-state index in [4.69, 9.17) is 11.6 Å². The molecule has 1 N–H and O–H groups in total. The topological polar surface area (TPSA) is 45.8 Å². The monoisotopic (exact) mass is 224 g/mol. The number of nitrogens with zero attached hydrogens (tertiary/aromatic N) is 1. The van der Waals surface area contributed by atoms with Crippen molar-refractivity contribution in [3.05, 3.63) is 52.6 Å². The standard InChI is InChI=1S/C10H6ClFN2O/c11-7-4-2-1-3-6(7)10(15)9-8(12)5-13-14-9/h1-5H,(H,13,14). The predicted molar refractivity (Wildman–Crippen MR) is 53.4 cm³/mol. The second-order valence-electron chi connectivity index (χ2n) is 2.90. The molecule has 0 spiro atoms. The molecule has 0 bridgehead atoms. The molecular formula is C10H6ClFN2O. The van der Waals surface area contributed by atoms with Gasteiger partial charge in [-0.25, -0.2) is 4.39 Å². The fourth-order valence-corrected chi connectivity index (χ4v) is 1.43. The quantitative estimate of drug-likeness (QED) is 0.797. The van der Waals surface area contributed by atoms with Gasteiger partial charge in [0.25, 0.3) is 0 Å². The van der Waals surface area contributed by atoms with Gasteiger partial charge in [0.2, 0.25) is 5.78 Å². The van der Waals surface area contributed by atoms with Crippen molar-refractivity contribution in [1.29, 1.82) is 0 Å². The summed E-state index contributed by atoms with van der Waals surface area (Å²) in [5.41, 5.74) is 0.0745. The summed E-state index contributed by atoms with van der Waals surface area (Å²) in [6.07, 6.45) is 0.948. The van der Waals surface area contributed by atoms with Crippen molar-refractivity contribution in [1.82, 2.24) is 10.2 Å². The maximum atomic E-state index is 13.1. The van der Waals surface area contributed by atoms with Gasteiger partial charge in [-0.1, -0.05) is 23.7 Å². The molecule has 2 rings (SSSR count). The number of H-pyrrole nitrogens is 1. The lowest BCUT2D eigenvalue weighted by Crippen LogP contribution is -2.04. The number of carbonyl (C=O) groups excluding carboxylic acids is 1. The van der Waals surface area contributed by atoms with Crippen LogP contribution >= 0.6 is 11.6 Å². The summed E-state index contributed by atoms with van der Waals surface area (Å²) in [7, 11) is 0. The number of nitrogens with one attached hydrogen (secondary N) is 1. The van der Waals surface area contributed by atoms with E-state index in [0.717, 1.165) is 6.20 Å². The summed E-state index contributed by atoms with van der Waals surface area (Å²) in [4.78, 5) is 11.8. The molecule has 0 saturated carbocycles. The van der Waals surface area contributed by atoms with Gasteiger partial charge in [-0.3, -0.25) is 9.89 Å². The fraction of sp³-hybridized carbons (Fsp3) is 0. The Morgan fingerprint density at radius 1 is 1.40 bits per heavy atom. The lowest BCUT2D eigenvalue weighted by Gasteiger charge is -2.00. The summed E-state index contributed by atoms with van der Waals surface area (Å²) in [6.45, 7) is 0. The average Bonchev–Trinajstić information content (AvgIpc) is 2.64. The molecular weight excluding hydrogens is 219 g/mol. The first-order chi connectivity index (χ1) is 7.20. The third kappa shape index (κ3) is 1.76. The number of rotatable bonds is 2. The van der Waals surface area contributed by atoms with Crippen molar-refractivity contribution in [3.8, 4) is 0 Å². The number of carbonyl (C=O) groups is 1. The van der Waals surface area contributed by atoms with E-state index in [2.05, 4.69) is 10.2 Å². The first-order valence-corrected chi connectivity index (χ1v) is 4.56. The highest BCUT2D eigenvalue weighted by atomic mass is 35.5. The molecule has 0 radical (unpaired) electrons. The van der Waals surface area contributed by atoms with Gasteiger partial charge in [0.15, 0.2) is 5.82 Å². The Labute approximate surface area is 89.9 Å². The smallest absolute Gasteiger partial charge is 0.215 e. The van der Waals surface area contributed by atoms with Crippen LogP contribution in [-0.2, 0) is 0 Å². The van der Waals surface area contributed by atoms with E-state index < -0.39 is 11.6 Å². The molecule has 76 valence electrons. The molecule has 3 nitrogen and oxygen atoms in total. The minimum Gasteiger partial charge on any atom is -0.287 e. The minimum atomic E-state index is -0.681. The molecule has 0 fully saturated rings. The predicted octanol–water partition coefficient (Wildman–Crippen LogP) is 2.43. The second-order valence-corrected chi connectivity index (χ2v) is 3.31. The molecule has 0 aliphatic rings. The van der Waals surface area contributed by atoms with E-state index >= 15 is 0 Å². The van der Waals surface area contributed by atoms with Crippen LogP contribution in [0, 0.1) is 5.82 Å². The number of aromatic nitrogens is 2. The zero-order valence-electron chi connectivity index (χ0n) is 7.50. The average molecular weight is 225 g/mol. The summed E-state index contributed by atoms with van der Waals surface area (Å²) in [6, 6.07) is 6.46. The zero-order valence-corrected chi connectivity index (χ0v) is 8.25. The van der Waals surface area contributed by atoms with Crippen molar-refractivity contribution >= 4 is 17.4 Å². The van der Waals surface area contributed by atoms with Crippen molar-refractivity contribution < 1.29 is 9.18 Å². The summed E-state index contributed by atoms with van der Waals surface area (Å²) in [5.74, 6) is -1.18. The zero-order chi connectivity index (χ0) is 10.8. The molecule has 2 aromatic rings. The maximum absolute atomic E-state index is 13.1. The third-order valence-corrected chi connectivity index (χ3v) is 2.27. The first-order valence-electron chi connectivity index (χ1n) is 4.18. The highest BCUT2D eigenvalue weighted by Crippen LogP contribution is 2.19. The summed E-state index contributed by atoms with van der Waals surface area (Å²) >= 11 is 5.81. The molecule has 0 amide bonds. The first kappa shape index (κ1) is 9.86. The molecule has 0 aliphatic carbocycles. The highest BCUT2D eigenvalue weighted by molar-refractivity contribution is 6.34. The van der Waals surface area contributed by atoms with Gasteiger partial charge in [0, 0.05) is 5.56 Å². The molecule has 1 heterocycles. The maximum Gasteiger partial charge on any atom is 0.215 e. The normalized spacial score (nSPS) is 10.3. The van der Waals surface area contributed by atoms with Crippen LogP contribution in [0.1, 0.15) is 16.1 Å². The number of ketones is 1. The van der Waals surface area contributed by atoms with E-state index in [9.17, 15) is 9.18 Å². The van der Waals surface area contributed by atoms with E-state index in [1.165, 1.54) is 6.07 Å². The Hall–Kier alpha value is -1.68. The Balaban J connectivity index is 2.46. The number of hydrogen-bond donors (Lipinski definition) is 1. The van der Waals surface area contributed by atoms with Crippen LogP contribution < -0.4 is 0 Å². The highest BCUT2D eigenvalue weighted by Gasteiger charge is 2.17. The largest absolute Gasteiger partial charge is 0.287 e. The van der Waals surface area contributed by atoms with Crippen molar-refractivity contribution in [3.63, 3.8) is 0 Å². The lowest BCUT2D eigenvalue weighted by atomic mass is 10.1. The van der Waals surface area contributed by atoms with Crippen molar-refractivity contribution in [2.45, 2.75) is 0 Å². The van der Waals surface area contributed by atoms with Gasteiger partial charge in [-0.15, -0.1) is 0 Å². The molecule has 5 heteroatoms. The molecule has 1 aromatic carbocycles. The van der Waals surface area contributed by atoms with E-state index in [0.29, 0.717) is 0 Å². The Bertz CT molecular complexity index is 510. The Morgan fingerprint density at radius 2 is 2.13 bits per heavy atom. The van der Waals surface area contributed by atoms with Crippen LogP contribution in [-0.4, -0.2) is 16.0 Å². The Kier molecular flexibility index (Phi) is 2.51. The lowest BCUT2D eigenvalue weighted by molar-refractivity contribution is 0.103. The van der Waals surface area contributed by atoms with Crippen molar-refractivity contribution in [2.75, 3.05) is 0 Å². The molecule has 0 aliphatic heterocycles. The number of aromatic amines is 1. The molecule has 15 heavy (non-hydrogen) atoms. The van der Waals surface area contributed by atoms with Crippen LogP contribution in [0.15, 0.2) is 30.5 Å². The summed E-state index contributed by atoms with van der Waals surface area (Å²) < 4.78 is 13.1. The third-order valence-electron chi connectivity index (χ3n) is 1.94. The van der Waals surface area contributed by atoms with Gasteiger partial charge >= 0.3 is 0 Å².